The van der Waals surface area contributed by atoms with Crippen LogP contribution >= 0.6 is 15.9 Å². The fraction of sp³-hybridized carbons (Fsp3) is 0. The largest absolute Gasteiger partial charge is 0.478 e. The number of rotatable bonds is 2. The van der Waals surface area contributed by atoms with Gasteiger partial charge in [0.15, 0.2) is 6.29 Å². The fourth-order valence-corrected chi connectivity index (χ4v) is 1.52. The second-order valence-electron chi connectivity index (χ2n) is 2.42. The summed E-state index contributed by atoms with van der Waals surface area (Å²) in [6.07, 6.45) is 0.456. The van der Waals surface area contributed by atoms with E-state index in [1.165, 1.54) is 12.1 Å². The molecule has 0 atom stereocenters. The van der Waals surface area contributed by atoms with Crippen molar-refractivity contribution in [3.63, 3.8) is 0 Å². The highest BCUT2D eigenvalue weighted by Gasteiger charge is 2.17. The Kier molecular flexibility index (Phi) is 2.99. The first-order chi connectivity index (χ1) is 6.61. The smallest absolute Gasteiger partial charge is 0.338 e. The standard InChI is InChI=1S/C9H4BrNO3/c10-7-2-1-5(4-12)6(3-11)8(7)9(13)14/h1-2,4H,(H,13,14). The average molecular weight is 254 g/mol. The van der Waals surface area contributed by atoms with Crippen molar-refractivity contribution >= 4 is 28.2 Å². The van der Waals surface area contributed by atoms with Crippen LogP contribution in [0.15, 0.2) is 16.6 Å². The number of hydrogen-bond acceptors (Lipinski definition) is 3. The second kappa shape index (κ2) is 4.03. The van der Waals surface area contributed by atoms with Gasteiger partial charge in [0.1, 0.15) is 6.07 Å². The van der Waals surface area contributed by atoms with E-state index in [4.69, 9.17) is 10.4 Å². The molecule has 1 N–H and O–H groups in total. The summed E-state index contributed by atoms with van der Waals surface area (Å²) in [7, 11) is 0. The number of carboxylic acids is 1. The maximum absolute atomic E-state index is 10.8. The van der Waals surface area contributed by atoms with Crippen molar-refractivity contribution in [1.82, 2.24) is 0 Å². The van der Waals surface area contributed by atoms with Crippen LogP contribution in [-0.4, -0.2) is 17.4 Å². The fourth-order valence-electron chi connectivity index (χ4n) is 1.02. The molecule has 0 heterocycles. The van der Waals surface area contributed by atoms with Gasteiger partial charge in [0.25, 0.3) is 0 Å². The Balaban J connectivity index is 3.61. The third-order valence-corrected chi connectivity index (χ3v) is 2.30. The summed E-state index contributed by atoms with van der Waals surface area (Å²) in [5.41, 5.74) is -0.230. The molecule has 0 saturated heterocycles. The highest BCUT2D eigenvalue weighted by molar-refractivity contribution is 9.10. The van der Waals surface area contributed by atoms with E-state index in [-0.39, 0.29) is 21.2 Å². The number of aldehydes is 1. The van der Waals surface area contributed by atoms with E-state index in [1.807, 2.05) is 0 Å². The Hall–Kier alpha value is -1.67. The van der Waals surface area contributed by atoms with Gasteiger partial charge < -0.3 is 5.11 Å². The summed E-state index contributed by atoms with van der Waals surface area (Å²) >= 11 is 3.00. The molecule has 0 radical (unpaired) electrons. The van der Waals surface area contributed by atoms with Crippen molar-refractivity contribution in [2.24, 2.45) is 0 Å². The van der Waals surface area contributed by atoms with Crippen LogP contribution in [0, 0.1) is 11.3 Å². The average Bonchev–Trinajstić information content (AvgIpc) is 2.16. The van der Waals surface area contributed by atoms with Crippen LogP contribution in [0.2, 0.25) is 0 Å². The van der Waals surface area contributed by atoms with Gasteiger partial charge in [0, 0.05) is 10.0 Å². The van der Waals surface area contributed by atoms with E-state index in [1.54, 1.807) is 6.07 Å². The van der Waals surface area contributed by atoms with E-state index in [0.717, 1.165) is 0 Å². The molecule has 5 heteroatoms. The highest BCUT2D eigenvalue weighted by Crippen LogP contribution is 2.22. The minimum absolute atomic E-state index is 0.0769. The summed E-state index contributed by atoms with van der Waals surface area (Å²) in [6, 6.07) is 4.51. The van der Waals surface area contributed by atoms with Gasteiger partial charge in [-0.2, -0.15) is 5.26 Å². The number of nitriles is 1. The molecule has 70 valence electrons. The molecule has 0 spiro atoms. The zero-order valence-corrected chi connectivity index (χ0v) is 8.41. The predicted octanol–water partition coefficient (Wildman–Crippen LogP) is 1.83. The van der Waals surface area contributed by atoms with Gasteiger partial charge in [0.05, 0.1) is 11.1 Å². The highest BCUT2D eigenvalue weighted by atomic mass is 79.9. The summed E-state index contributed by atoms with van der Waals surface area (Å²) in [5.74, 6) is -1.24. The van der Waals surface area contributed by atoms with Gasteiger partial charge in [-0.05, 0) is 28.1 Å². The molecule has 0 saturated carbocycles. The Morgan fingerprint density at radius 1 is 1.57 bits per heavy atom. The molecule has 14 heavy (non-hydrogen) atoms. The zero-order valence-electron chi connectivity index (χ0n) is 6.82. The molecular weight excluding hydrogens is 250 g/mol. The van der Waals surface area contributed by atoms with Crippen molar-refractivity contribution in [2.45, 2.75) is 0 Å². The molecule has 0 aliphatic carbocycles. The maximum Gasteiger partial charge on any atom is 0.338 e. The summed E-state index contributed by atoms with van der Waals surface area (Å²) < 4.78 is 0.284. The van der Waals surface area contributed by atoms with Crippen molar-refractivity contribution in [3.8, 4) is 6.07 Å². The van der Waals surface area contributed by atoms with E-state index in [9.17, 15) is 9.59 Å². The Morgan fingerprint density at radius 3 is 2.64 bits per heavy atom. The third-order valence-electron chi connectivity index (χ3n) is 1.64. The van der Waals surface area contributed by atoms with E-state index >= 15 is 0 Å². The molecule has 0 fully saturated rings. The molecule has 0 aliphatic heterocycles. The molecule has 0 amide bonds. The number of carbonyl (C=O) groups excluding carboxylic acids is 1. The van der Waals surface area contributed by atoms with Crippen molar-refractivity contribution in [2.75, 3.05) is 0 Å². The Morgan fingerprint density at radius 2 is 2.21 bits per heavy atom. The lowest BCUT2D eigenvalue weighted by Crippen LogP contribution is -2.04. The molecular formula is C9H4BrNO3. The van der Waals surface area contributed by atoms with Crippen molar-refractivity contribution in [1.29, 1.82) is 5.26 Å². The monoisotopic (exact) mass is 253 g/mol. The van der Waals surface area contributed by atoms with Gasteiger partial charge in [-0.3, -0.25) is 4.79 Å². The maximum atomic E-state index is 10.8. The molecule has 0 bridgehead atoms. The Bertz CT molecular complexity index is 448. The van der Waals surface area contributed by atoms with Gasteiger partial charge in [-0.25, -0.2) is 4.79 Å². The second-order valence-corrected chi connectivity index (χ2v) is 3.28. The van der Waals surface area contributed by atoms with Gasteiger partial charge in [-0.15, -0.1) is 0 Å². The SMILES string of the molecule is N#Cc1c(C=O)ccc(Br)c1C(=O)O. The van der Waals surface area contributed by atoms with Crippen LogP contribution in [-0.2, 0) is 0 Å². The number of carbonyl (C=O) groups is 2. The quantitative estimate of drug-likeness (QED) is 0.816. The number of nitrogens with zero attached hydrogens (tertiary/aromatic N) is 1. The number of aromatic carboxylic acids is 1. The lowest BCUT2D eigenvalue weighted by Gasteiger charge is -2.03. The summed E-state index contributed by atoms with van der Waals surface area (Å²) in [5, 5.41) is 17.5. The molecule has 1 aromatic rings. The van der Waals surface area contributed by atoms with Crippen LogP contribution in [0.4, 0.5) is 0 Å². The number of carboxylic acid groups (broad SMARTS) is 1. The van der Waals surface area contributed by atoms with Crippen LogP contribution in [0.5, 0.6) is 0 Å². The number of halogens is 1. The predicted molar refractivity (Wildman–Crippen MR) is 51.2 cm³/mol. The van der Waals surface area contributed by atoms with E-state index in [2.05, 4.69) is 15.9 Å². The van der Waals surface area contributed by atoms with Gasteiger partial charge in [-0.1, -0.05) is 0 Å². The van der Waals surface area contributed by atoms with Gasteiger partial charge in [0.2, 0.25) is 0 Å². The molecule has 4 nitrogen and oxygen atoms in total. The first-order valence-corrected chi connectivity index (χ1v) is 4.32. The lowest BCUT2D eigenvalue weighted by molar-refractivity contribution is 0.0695. The molecule has 0 aromatic heterocycles. The molecule has 1 rings (SSSR count). The van der Waals surface area contributed by atoms with Gasteiger partial charge >= 0.3 is 5.97 Å². The van der Waals surface area contributed by atoms with E-state index < -0.39 is 5.97 Å². The third kappa shape index (κ3) is 1.65. The minimum Gasteiger partial charge on any atom is -0.478 e. The van der Waals surface area contributed by atoms with Crippen molar-refractivity contribution < 1.29 is 14.7 Å². The van der Waals surface area contributed by atoms with E-state index in [0.29, 0.717) is 6.29 Å². The van der Waals surface area contributed by atoms with Crippen LogP contribution in [0.25, 0.3) is 0 Å². The van der Waals surface area contributed by atoms with Crippen LogP contribution < -0.4 is 0 Å². The normalized spacial score (nSPS) is 9.14. The molecule has 1 aromatic carbocycles. The summed E-state index contributed by atoms with van der Waals surface area (Å²) in [6.45, 7) is 0. The topological polar surface area (TPSA) is 78.2 Å². The molecule has 0 unspecified atom stereocenters. The summed E-state index contributed by atoms with van der Waals surface area (Å²) in [4.78, 5) is 21.3. The van der Waals surface area contributed by atoms with Crippen LogP contribution in [0.3, 0.4) is 0 Å². The number of benzene rings is 1. The zero-order chi connectivity index (χ0) is 10.7. The molecule has 0 aliphatic rings. The van der Waals surface area contributed by atoms with Crippen molar-refractivity contribution in [3.05, 3.63) is 33.3 Å². The Labute approximate surface area is 87.9 Å². The van der Waals surface area contributed by atoms with Crippen LogP contribution in [0.1, 0.15) is 26.3 Å². The lowest BCUT2D eigenvalue weighted by atomic mass is 10.0. The minimum atomic E-state index is -1.24. The number of hydrogen-bond donors (Lipinski definition) is 1. The first-order valence-electron chi connectivity index (χ1n) is 3.53. The first kappa shape index (κ1) is 10.4.